The van der Waals surface area contributed by atoms with E-state index < -0.39 is 29.4 Å². The minimum absolute atomic E-state index is 0.0746. The van der Waals surface area contributed by atoms with Crippen molar-refractivity contribution in [2.75, 3.05) is 0 Å². The Kier molecular flexibility index (Phi) is 13.6. The molecule has 41 heavy (non-hydrogen) atoms. The minimum atomic E-state index is -6.05. The normalized spacial score (nSPS) is 17.9. The van der Waals surface area contributed by atoms with E-state index in [0.717, 1.165) is 36.3 Å². The Bertz CT molecular complexity index is 1180. The second kappa shape index (κ2) is 15.6. The summed E-state index contributed by atoms with van der Waals surface area (Å²) in [6.07, 6.45) is -3.16. The molecule has 0 spiro atoms. The van der Waals surface area contributed by atoms with E-state index in [9.17, 15) is 39.9 Å². The number of nitrogens with zero attached hydrogens (tertiary/aromatic N) is 1. The average Bonchev–Trinajstić information content (AvgIpc) is 3.40. The van der Waals surface area contributed by atoms with Crippen molar-refractivity contribution in [3.05, 3.63) is 102 Å². The molecule has 0 aliphatic heterocycles. The van der Waals surface area contributed by atoms with Gasteiger partial charge in [-0.1, -0.05) is 63.2 Å². The van der Waals surface area contributed by atoms with Gasteiger partial charge in [-0.15, -0.1) is 0 Å². The van der Waals surface area contributed by atoms with Crippen LogP contribution in [-0.2, 0) is 5.67 Å². The van der Waals surface area contributed by atoms with Crippen LogP contribution >= 0.6 is 10.5 Å². The zero-order chi connectivity index (χ0) is 31.4. The largest absolute Gasteiger partial charge is 0.435 e. The summed E-state index contributed by atoms with van der Waals surface area (Å²) in [5, 5.41) is 3.42. The third kappa shape index (κ3) is 9.94. The summed E-state index contributed by atoms with van der Waals surface area (Å²) in [5.74, 6) is 3.61. The van der Waals surface area contributed by atoms with Crippen molar-refractivity contribution in [2.45, 2.75) is 62.4 Å². The number of pyridine rings is 1. The van der Waals surface area contributed by atoms with Crippen LogP contribution in [0.15, 0.2) is 90.9 Å². The van der Waals surface area contributed by atoms with Crippen molar-refractivity contribution < 1.29 is 39.9 Å². The topological polar surface area (TPSA) is 42.0 Å². The summed E-state index contributed by atoms with van der Waals surface area (Å²) in [5.41, 5.74) is -6.19. The first-order valence-electron chi connectivity index (χ1n) is 12.4. The number of benzene rings is 1. The molecule has 0 radical (unpaired) electrons. The Hall–Kier alpha value is -3.28. The van der Waals surface area contributed by atoms with E-state index in [2.05, 4.69) is 29.3 Å². The Morgan fingerprint density at radius 2 is 1.46 bits per heavy atom. The molecule has 1 fully saturated rings. The number of alkyl halides is 7. The van der Waals surface area contributed by atoms with Gasteiger partial charge in [-0.2, -0.15) is 36.8 Å². The van der Waals surface area contributed by atoms with Crippen LogP contribution in [0.5, 0.6) is 0 Å². The lowest BCUT2D eigenvalue weighted by molar-refractivity contribution is -0.348. The van der Waals surface area contributed by atoms with Crippen LogP contribution in [-0.4, -0.2) is 40.4 Å². The molecule has 226 valence electrons. The quantitative estimate of drug-likeness (QED) is 0.194. The standard InChI is InChI=1S/C18H21FN2OS.C9H5F7.C2H6/c1-13(19)4-5-14(2)23(3)17-7-6-16(12-17)21-18(22)15-8-10-20-11-9-15;10-7(8(11,12)13,9(14,15)16)6-4-2-1-3-5-6;1-2/h4-5,8-11,16-17H,1-3,6-7,12H2,(H,21,22);1-5H;1-2H3/b5-4-;;. The predicted molar refractivity (Wildman–Crippen MR) is 149 cm³/mol. The highest BCUT2D eigenvalue weighted by Gasteiger charge is 2.73. The van der Waals surface area contributed by atoms with Crippen molar-refractivity contribution in [1.29, 1.82) is 0 Å². The predicted octanol–water partition coefficient (Wildman–Crippen LogP) is 8.99. The number of rotatable bonds is 7. The van der Waals surface area contributed by atoms with E-state index >= 15 is 0 Å². The Labute approximate surface area is 237 Å². The Balaban J connectivity index is 0.000000410. The van der Waals surface area contributed by atoms with E-state index in [-0.39, 0.29) is 22.4 Å². The fourth-order valence-electron chi connectivity index (χ4n) is 3.74. The first kappa shape index (κ1) is 35.7. The molecule has 1 aliphatic rings. The molecule has 1 amide bonds. The second-order valence-electron chi connectivity index (χ2n) is 8.54. The van der Waals surface area contributed by atoms with Gasteiger partial charge in [-0.05, 0) is 48.5 Å². The number of hydrogen-bond donors (Lipinski definition) is 1. The maximum Gasteiger partial charge on any atom is 0.435 e. The van der Waals surface area contributed by atoms with Gasteiger partial charge in [0.15, 0.2) is 0 Å². The monoisotopic (exact) mass is 608 g/mol. The van der Waals surface area contributed by atoms with E-state index in [1.807, 2.05) is 13.8 Å². The fourth-order valence-corrected chi connectivity index (χ4v) is 5.30. The van der Waals surface area contributed by atoms with Crippen LogP contribution in [0, 0.1) is 0 Å². The van der Waals surface area contributed by atoms with E-state index in [4.69, 9.17) is 0 Å². The number of amides is 1. The number of allylic oxidation sites excluding steroid dienone is 3. The van der Waals surface area contributed by atoms with Crippen LogP contribution in [0.3, 0.4) is 0 Å². The lowest BCUT2D eigenvalue weighted by atomic mass is 9.94. The molecular formula is C29H32F8N2OS. The summed E-state index contributed by atoms with van der Waals surface area (Å²) in [6, 6.07) is 7.43. The molecule has 1 aliphatic carbocycles. The average molecular weight is 609 g/mol. The van der Waals surface area contributed by atoms with Gasteiger partial charge in [0, 0.05) is 34.8 Å². The molecule has 12 heteroatoms. The van der Waals surface area contributed by atoms with Crippen LogP contribution in [0.1, 0.15) is 49.0 Å². The van der Waals surface area contributed by atoms with Crippen molar-refractivity contribution >= 4 is 22.3 Å². The van der Waals surface area contributed by atoms with Gasteiger partial charge >= 0.3 is 18.0 Å². The molecule has 1 heterocycles. The summed E-state index contributed by atoms with van der Waals surface area (Å²) < 4.78 is 99.1. The molecule has 1 saturated carbocycles. The molecule has 0 bridgehead atoms. The van der Waals surface area contributed by atoms with E-state index in [1.54, 1.807) is 30.6 Å². The zero-order valence-electron chi connectivity index (χ0n) is 22.5. The van der Waals surface area contributed by atoms with Gasteiger partial charge in [0.05, 0.1) is 0 Å². The number of aromatic nitrogens is 1. The molecule has 3 rings (SSSR count). The molecule has 1 aromatic carbocycles. The number of carbonyl (C=O) groups is 1. The van der Waals surface area contributed by atoms with Gasteiger partial charge in [0.1, 0.15) is 5.83 Å². The SMILES string of the molecule is C=C(F)/C=C\C(=C)S(=C)C1CCC(NC(=O)c2ccncc2)C1.CC.FC(F)(F)C(F)(c1ccccc1)C(F)(F)F. The summed E-state index contributed by atoms with van der Waals surface area (Å²) in [6.45, 7) is 11.2. The molecule has 3 unspecified atom stereocenters. The number of carbonyl (C=O) groups excluding carboxylic acids is 1. The zero-order valence-corrected chi connectivity index (χ0v) is 23.4. The lowest BCUT2D eigenvalue weighted by Gasteiger charge is -2.30. The van der Waals surface area contributed by atoms with Crippen LogP contribution in [0.25, 0.3) is 0 Å². The second-order valence-corrected chi connectivity index (χ2v) is 10.6. The molecule has 1 aromatic heterocycles. The highest BCUT2D eigenvalue weighted by atomic mass is 32.2. The van der Waals surface area contributed by atoms with Crippen molar-refractivity contribution in [2.24, 2.45) is 0 Å². The van der Waals surface area contributed by atoms with Crippen molar-refractivity contribution in [3.8, 4) is 0 Å². The highest BCUT2D eigenvalue weighted by molar-refractivity contribution is 8.18. The number of halogens is 8. The van der Waals surface area contributed by atoms with Crippen LogP contribution < -0.4 is 5.32 Å². The number of hydrogen-bond acceptors (Lipinski definition) is 2. The fraction of sp³-hybridized carbons (Fsp3) is 0.345. The Morgan fingerprint density at radius 3 is 1.95 bits per heavy atom. The summed E-state index contributed by atoms with van der Waals surface area (Å²) in [7, 11) is -0.287. The van der Waals surface area contributed by atoms with Crippen molar-refractivity contribution in [3.63, 3.8) is 0 Å². The minimum Gasteiger partial charge on any atom is -0.349 e. The smallest absolute Gasteiger partial charge is 0.349 e. The van der Waals surface area contributed by atoms with Crippen LogP contribution in [0.2, 0.25) is 0 Å². The maximum atomic E-state index is 13.3. The van der Waals surface area contributed by atoms with Gasteiger partial charge in [-0.25, -0.2) is 8.78 Å². The van der Waals surface area contributed by atoms with Gasteiger partial charge in [0.2, 0.25) is 0 Å². The summed E-state index contributed by atoms with van der Waals surface area (Å²) >= 11 is 0. The highest BCUT2D eigenvalue weighted by Crippen LogP contribution is 2.53. The summed E-state index contributed by atoms with van der Waals surface area (Å²) in [4.78, 5) is 16.9. The molecular weight excluding hydrogens is 576 g/mol. The molecule has 0 saturated heterocycles. The molecule has 3 nitrogen and oxygen atoms in total. The Morgan fingerprint density at radius 1 is 0.927 bits per heavy atom. The molecule has 3 atom stereocenters. The third-order valence-corrected chi connectivity index (χ3v) is 7.85. The van der Waals surface area contributed by atoms with Gasteiger partial charge in [0.25, 0.3) is 5.91 Å². The number of nitrogens with one attached hydrogen (secondary N) is 1. The molecule has 2 aromatic rings. The van der Waals surface area contributed by atoms with Gasteiger partial charge in [-0.3, -0.25) is 9.78 Å². The van der Waals surface area contributed by atoms with Crippen molar-refractivity contribution in [1.82, 2.24) is 10.3 Å². The first-order valence-corrected chi connectivity index (χ1v) is 13.9. The van der Waals surface area contributed by atoms with Gasteiger partial charge < -0.3 is 5.32 Å². The molecule has 1 N–H and O–H groups in total. The first-order chi connectivity index (χ1) is 19.1. The third-order valence-electron chi connectivity index (χ3n) is 5.80. The lowest BCUT2D eigenvalue weighted by Crippen LogP contribution is -2.50. The maximum absolute atomic E-state index is 13.3. The van der Waals surface area contributed by atoms with E-state index in [0.29, 0.717) is 22.9 Å². The van der Waals surface area contributed by atoms with E-state index in [1.165, 1.54) is 12.1 Å². The van der Waals surface area contributed by atoms with Crippen LogP contribution in [0.4, 0.5) is 35.1 Å².